The van der Waals surface area contributed by atoms with Gasteiger partial charge in [0, 0.05) is 11.1 Å². The maximum absolute atomic E-state index is 5.50. The molecule has 0 amide bonds. The topological polar surface area (TPSA) is 54.7 Å². The summed E-state index contributed by atoms with van der Waals surface area (Å²) in [6, 6.07) is 6.30. The molecule has 3 heteroatoms. The van der Waals surface area contributed by atoms with E-state index in [-0.39, 0.29) is 0 Å². The predicted molar refractivity (Wildman–Crippen MR) is 62.8 cm³/mol. The number of fused-ring (bicyclic) bond motifs is 1. The summed E-state index contributed by atoms with van der Waals surface area (Å²) in [6.45, 7) is 2.85. The maximum atomic E-state index is 5.50. The smallest absolute Gasteiger partial charge is 0.0926 e. The molecule has 0 atom stereocenters. The molecular weight excluding hydrogens is 186 g/mol. The van der Waals surface area contributed by atoms with Crippen LogP contribution in [-0.4, -0.2) is 16.7 Å². The van der Waals surface area contributed by atoms with Gasteiger partial charge in [0.1, 0.15) is 0 Å². The molecule has 0 saturated heterocycles. The van der Waals surface area contributed by atoms with Crippen molar-refractivity contribution < 1.29 is 0 Å². The average Bonchev–Trinajstić information content (AvgIpc) is 2.62. The van der Waals surface area contributed by atoms with Crippen molar-refractivity contribution in [1.82, 2.24) is 10.2 Å². The predicted octanol–water partition coefficient (Wildman–Crippen LogP) is 2.15. The third-order valence-corrected chi connectivity index (χ3v) is 2.75. The van der Waals surface area contributed by atoms with Gasteiger partial charge in [-0.25, -0.2) is 0 Å². The van der Waals surface area contributed by atoms with E-state index in [4.69, 9.17) is 5.73 Å². The standard InChI is InChI=1S/C12H17N3/c1-9-12-10(5-2-3-8-13)6-4-7-11(12)15-14-9/h4,6-7H,2-3,5,8,13H2,1H3,(H,14,15). The zero-order chi connectivity index (χ0) is 10.7. The molecule has 1 heterocycles. The summed E-state index contributed by atoms with van der Waals surface area (Å²) in [6.07, 6.45) is 3.34. The molecule has 0 aliphatic heterocycles. The molecule has 0 bridgehead atoms. The van der Waals surface area contributed by atoms with Crippen molar-refractivity contribution in [1.29, 1.82) is 0 Å². The number of aryl methyl sites for hydroxylation is 2. The summed E-state index contributed by atoms with van der Waals surface area (Å²) in [5.74, 6) is 0. The Bertz CT molecular complexity index is 445. The molecule has 80 valence electrons. The van der Waals surface area contributed by atoms with Gasteiger partial charge in [0.15, 0.2) is 0 Å². The van der Waals surface area contributed by atoms with Crippen LogP contribution in [0.5, 0.6) is 0 Å². The molecule has 0 unspecified atom stereocenters. The van der Waals surface area contributed by atoms with Crippen LogP contribution in [0.25, 0.3) is 10.9 Å². The highest BCUT2D eigenvalue weighted by Crippen LogP contribution is 2.21. The Morgan fingerprint density at radius 3 is 3.00 bits per heavy atom. The van der Waals surface area contributed by atoms with Crippen LogP contribution in [0.1, 0.15) is 24.1 Å². The van der Waals surface area contributed by atoms with Gasteiger partial charge in [-0.05, 0) is 44.4 Å². The Morgan fingerprint density at radius 1 is 1.33 bits per heavy atom. The highest BCUT2D eigenvalue weighted by Gasteiger charge is 2.05. The molecule has 0 saturated carbocycles. The number of unbranched alkanes of at least 4 members (excludes halogenated alkanes) is 1. The molecule has 3 N–H and O–H groups in total. The molecule has 2 aromatic rings. The van der Waals surface area contributed by atoms with Gasteiger partial charge in [0.05, 0.1) is 5.52 Å². The van der Waals surface area contributed by atoms with Gasteiger partial charge in [-0.3, -0.25) is 5.10 Å². The molecule has 3 nitrogen and oxygen atoms in total. The highest BCUT2D eigenvalue weighted by molar-refractivity contribution is 5.84. The van der Waals surface area contributed by atoms with Crippen LogP contribution in [-0.2, 0) is 6.42 Å². The van der Waals surface area contributed by atoms with Gasteiger partial charge in [0.2, 0.25) is 0 Å². The van der Waals surface area contributed by atoms with Crippen molar-refractivity contribution in [3.8, 4) is 0 Å². The second-order valence-electron chi connectivity index (χ2n) is 3.91. The second-order valence-corrected chi connectivity index (χ2v) is 3.91. The average molecular weight is 203 g/mol. The van der Waals surface area contributed by atoms with E-state index in [1.165, 1.54) is 10.9 Å². The SMILES string of the molecule is Cc1[nH]nc2cccc(CCCCN)c12. The Morgan fingerprint density at radius 2 is 2.20 bits per heavy atom. The van der Waals surface area contributed by atoms with E-state index in [0.29, 0.717) is 0 Å². The number of aromatic amines is 1. The summed E-state index contributed by atoms with van der Waals surface area (Å²) in [7, 11) is 0. The number of hydrogen-bond acceptors (Lipinski definition) is 2. The third-order valence-electron chi connectivity index (χ3n) is 2.75. The molecule has 1 aromatic carbocycles. The fraction of sp³-hybridized carbons (Fsp3) is 0.417. The lowest BCUT2D eigenvalue weighted by molar-refractivity contribution is 0.747. The van der Waals surface area contributed by atoms with Crippen LogP contribution in [0.2, 0.25) is 0 Å². The summed E-state index contributed by atoms with van der Waals surface area (Å²) >= 11 is 0. The van der Waals surface area contributed by atoms with Gasteiger partial charge in [-0.2, -0.15) is 5.10 Å². The van der Waals surface area contributed by atoms with Gasteiger partial charge < -0.3 is 5.73 Å². The van der Waals surface area contributed by atoms with Crippen LogP contribution in [0, 0.1) is 6.92 Å². The molecule has 0 aliphatic rings. The summed E-state index contributed by atoms with van der Waals surface area (Å²) < 4.78 is 0. The highest BCUT2D eigenvalue weighted by atomic mass is 15.1. The fourth-order valence-corrected chi connectivity index (χ4v) is 1.98. The van der Waals surface area contributed by atoms with Crippen molar-refractivity contribution in [3.63, 3.8) is 0 Å². The Kier molecular flexibility index (Phi) is 3.02. The number of hydrogen-bond donors (Lipinski definition) is 2. The van der Waals surface area contributed by atoms with Crippen molar-refractivity contribution in [2.24, 2.45) is 5.73 Å². The first-order valence-corrected chi connectivity index (χ1v) is 5.45. The minimum absolute atomic E-state index is 0.778. The summed E-state index contributed by atoms with van der Waals surface area (Å²) in [4.78, 5) is 0. The van der Waals surface area contributed by atoms with Gasteiger partial charge in [-0.1, -0.05) is 12.1 Å². The molecule has 2 rings (SSSR count). The van der Waals surface area contributed by atoms with E-state index in [1.807, 2.05) is 6.07 Å². The fourth-order valence-electron chi connectivity index (χ4n) is 1.98. The number of benzene rings is 1. The van der Waals surface area contributed by atoms with Crippen LogP contribution in [0.15, 0.2) is 18.2 Å². The lowest BCUT2D eigenvalue weighted by Crippen LogP contribution is -1.99. The zero-order valence-corrected chi connectivity index (χ0v) is 9.09. The molecule has 0 aliphatic carbocycles. The van der Waals surface area contributed by atoms with E-state index in [0.717, 1.165) is 37.0 Å². The molecular formula is C12H17N3. The lowest BCUT2D eigenvalue weighted by atomic mass is 10.0. The van der Waals surface area contributed by atoms with Crippen LogP contribution < -0.4 is 5.73 Å². The number of H-pyrrole nitrogens is 1. The Hall–Kier alpha value is -1.35. The van der Waals surface area contributed by atoms with Crippen molar-refractivity contribution in [3.05, 3.63) is 29.5 Å². The monoisotopic (exact) mass is 203 g/mol. The zero-order valence-electron chi connectivity index (χ0n) is 9.09. The van der Waals surface area contributed by atoms with Gasteiger partial charge in [0.25, 0.3) is 0 Å². The normalized spacial score (nSPS) is 11.1. The molecule has 0 fully saturated rings. The first kappa shape index (κ1) is 10.2. The first-order chi connectivity index (χ1) is 7.33. The number of rotatable bonds is 4. The van der Waals surface area contributed by atoms with E-state index < -0.39 is 0 Å². The minimum Gasteiger partial charge on any atom is -0.330 e. The van der Waals surface area contributed by atoms with Crippen molar-refractivity contribution in [2.75, 3.05) is 6.54 Å². The van der Waals surface area contributed by atoms with Gasteiger partial charge in [-0.15, -0.1) is 0 Å². The van der Waals surface area contributed by atoms with Crippen LogP contribution >= 0.6 is 0 Å². The Labute approximate surface area is 89.7 Å². The van der Waals surface area contributed by atoms with Crippen LogP contribution in [0.4, 0.5) is 0 Å². The van der Waals surface area contributed by atoms with E-state index >= 15 is 0 Å². The van der Waals surface area contributed by atoms with Crippen molar-refractivity contribution >= 4 is 10.9 Å². The second kappa shape index (κ2) is 4.45. The van der Waals surface area contributed by atoms with E-state index in [2.05, 4.69) is 29.3 Å². The van der Waals surface area contributed by atoms with Crippen LogP contribution in [0.3, 0.4) is 0 Å². The lowest BCUT2D eigenvalue weighted by Gasteiger charge is -2.02. The largest absolute Gasteiger partial charge is 0.330 e. The van der Waals surface area contributed by atoms with E-state index in [1.54, 1.807) is 0 Å². The minimum atomic E-state index is 0.778. The summed E-state index contributed by atoms with van der Waals surface area (Å²) in [5.41, 5.74) is 9.11. The first-order valence-electron chi connectivity index (χ1n) is 5.45. The molecule has 0 spiro atoms. The quantitative estimate of drug-likeness (QED) is 0.748. The van der Waals surface area contributed by atoms with Gasteiger partial charge >= 0.3 is 0 Å². The maximum Gasteiger partial charge on any atom is 0.0926 e. The Balaban J connectivity index is 2.29. The number of nitrogens with zero attached hydrogens (tertiary/aromatic N) is 1. The molecule has 15 heavy (non-hydrogen) atoms. The van der Waals surface area contributed by atoms with E-state index in [9.17, 15) is 0 Å². The molecule has 0 radical (unpaired) electrons. The number of nitrogens with two attached hydrogens (primary N) is 1. The number of aromatic nitrogens is 2. The molecule has 1 aromatic heterocycles. The third kappa shape index (κ3) is 2.02. The number of nitrogens with one attached hydrogen (secondary N) is 1. The van der Waals surface area contributed by atoms with Crippen molar-refractivity contribution in [2.45, 2.75) is 26.2 Å². The summed E-state index contributed by atoms with van der Waals surface area (Å²) in [5, 5.41) is 8.58.